The van der Waals surface area contributed by atoms with E-state index in [4.69, 9.17) is 0 Å². The number of hydrogen-bond acceptors (Lipinski definition) is 3. The van der Waals surface area contributed by atoms with Gasteiger partial charge in [0.05, 0.1) is 0 Å². The van der Waals surface area contributed by atoms with E-state index in [1.165, 1.54) is 51.0 Å². The first kappa shape index (κ1) is 15.2. The van der Waals surface area contributed by atoms with Crippen LogP contribution in [0.4, 0.5) is 5.69 Å². The van der Waals surface area contributed by atoms with E-state index in [1.54, 1.807) is 6.92 Å². The lowest BCUT2D eigenvalue weighted by molar-refractivity contribution is 0.101. The van der Waals surface area contributed by atoms with E-state index in [2.05, 4.69) is 21.9 Å². The molecule has 0 aromatic heterocycles. The lowest BCUT2D eigenvalue weighted by atomic mass is 9.88. The van der Waals surface area contributed by atoms with Gasteiger partial charge in [-0.05, 0) is 68.2 Å². The van der Waals surface area contributed by atoms with Gasteiger partial charge in [-0.25, -0.2) is 0 Å². The number of nitrogens with zero attached hydrogens (tertiary/aromatic N) is 2. The first-order valence-electron chi connectivity index (χ1n) is 9.27. The second-order valence-corrected chi connectivity index (χ2v) is 7.83. The van der Waals surface area contributed by atoms with Crippen LogP contribution in [0, 0.1) is 17.8 Å². The standard InChI is InChI=1S/C20H28N2O/c1-15(23)17-4-6-20(7-5-17)22-10-8-21(9-11-22)14-19-13-16-2-3-18(19)12-16/h4-7,16,18-19H,2-3,8-14H2,1H3. The Hall–Kier alpha value is -1.35. The molecule has 3 atom stereocenters. The number of benzene rings is 1. The number of Topliss-reactive ketones (excluding diaryl/α,β-unsaturated/α-hetero) is 1. The third-order valence-electron chi connectivity index (χ3n) is 6.39. The molecule has 1 heterocycles. The fraction of sp³-hybridized carbons (Fsp3) is 0.650. The van der Waals surface area contributed by atoms with Crippen LogP contribution >= 0.6 is 0 Å². The smallest absolute Gasteiger partial charge is 0.159 e. The lowest BCUT2D eigenvalue weighted by Gasteiger charge is -2.38. The summed E-state index contributed by atoms with van der Waals surface area (Å²) in [5, 5.41) is 0. The van der Waals surface area contributed by atoms with Crippen molar-refractivity contribution in [1.29, 1.82) is 0 Å². The Kier molecular flexibility index (Phi) is 4.14. The molecule has 3 nitrogen and oxygen atoms in total. The number of rotatable bonds is 4. The van der Waals surface area contributed by atoms with Crippen LogP contribution in [0.3, 0.4) is 0 Å². The summed E-state index contributed by atoms with van der Waals surface area (Å²) in [5.41, 5.74) is 2.07. The molecule has 3 fully saturated rings. The molecular weight excluding hydrogens is 284 g/mol. The van der Waals surface area contributed by atoms with Crippen molar-refractivity contribution in [1.82, 2.24) is 4.90 Å². The Morgan fingerprint density at radius 3 is 2.35 bits per heavy atom. The molecule has 1 aliphatic heterocycles. The molecule has 3 unspecified atom stereocenters. The average Bonchev–Trinajstić information content (AvgIpc) is 3.18. The monoisotopic (exact) mass is 312 g/mol. The van der Waals surface area contributed by atoms with Gasteiger partial charge >= 0.3 is 0 Å². The Morgan fingerprint density at radius 2 is 1.78 bits per heavy atom. The third-order valence-corrected chi connectivity index (χ3v) is 6.39. The fourth-order valence-electron chi connectivity index (χ4n) is 5.03. The normalized spacial score (nSPS) is 30.8. The molecule has 0 radical (unpaired) electrons. The number of anilines is 1. The minimum Gasteiger partial charge on any atom is -0.369 e. The van der Waals surface area contributed by atoms with Crippen molar-refractivity contribution in [2.75, 3.05) is 37.6 Å². The summed E-state index contributed by atoms with van der Waals surface area (Å²) < 4.78 is 0. The van der Waals surface area contributed by atoms with E-state index in [9.17, 15) is 4.79 Å². The van der Waals surface area contributed by atoms with Crippen LogP contribution in [-0.2, 0) is 0 Å². The van der Waals surface area contributed by atoms with Crippen molar-refractivity contribution in [3.63, 3.8) is 0 Å². The molecule has 1 aromatic rings. The number of ketones is 1. The van der Waals surface area contributed by atoms with Crippen LogP contribution in [-0.4, -0.2) is 43.4 Å². The molecule has 0 amide bonds. The molecule has 1 saturated heterocycles. The zero-order valence-corrected chi connectivity index (χ0v) is 14.2. The van der Waals surface area contributed by atoms with E-state index in [0.717, 1.165) is 36.4 Å². The van der Waals surface area contributed by atoms with Crippen molar-refractivity contribution < 1.29 is 4.79 Å². The molecule has 2 bridgehead atoms. The molecule has 23 heavy (non-hydrogen) atoms. The maximum absolute atomic E-state index is 11.4. The number of carbonyl (C=O) groups is 1. The van der Waals surface area contributed by atoms with Crippen LogP contribution in [0.15, 0.2) is 24.3 Å². The van der Waals surface area contributed by atoms with Crippen molar-refractivity contribution >= 4 is 11.5 Å². The van der Waals surface area contributed by atoms with E-state index in [1.807, 2.05) is 12.1 Å². The van der Waals surface area contributed by atoms with Gasteiger partial charge in [0.2, 0.25) is 0 Å². The van der Waals surface area contributed by atoms with Crippen LogP contribution in [0.1, 0.15) is 43.0 Å². The van der Waals surface area contributed by atoms with E-state index >= 15 is 0 Å². The van der Waals surface area contributed by atoms with Crippen LogP contribution in [0.2, 0.25) is 0 Å². The predicted molar refractivity (Wildman–Crippen MR) is 94.0 cm³/mol. The van der Waals surface area contributed by atoms with E-state index in [-0.39, 0.29) is 5.78 Å². The van der Waals surface area contributed by atoms with Crippen molar-refractivity contribution in [3.8, 4) is 0 Å². The predicted octanol–water partition coefficient (Wildman–Crippen LogP) is 3.45. The highest BCUT2D eigenvalue weighted by Crippen LogP contribution is 2.48. The van der Waals surface area contributed by atoms with Crippen LogP contribution in [0.25, 0.3) is 0 Å². The summed E-state index contributed by atoms with van der Waals surface area (Å²) in [6.07, 6.45) is 6.02. The van der Waals surface area contributed by atoms with Gasteiger partial charge in [-0.15, -0.1) is 0 Å². The molecule has 124 valence electrons. The Balaban J connectivity index is 1.29. The van der Waals surface area contributed by atoms with Gasteiger partial charge in [0.15, 0.2) is 5.78 Å². The van der Waals surface area contributed by atoms with Gasteiger partial charge in [0.25, 0.3) is 0 Å². The molecule has 2 saturated carbocycles. The summed E-state index contributed by atoms with van der Waals surface area (Å²) in [7, 11) is 0. The summed E-state index contributed by atoms with van der Waals surface area (Å²) in [6, 6.07) is 8.11. The van der Waals surface area contributed by atoms with Gasteiger partial charge in [-0.2, -0.15) is 0 Å². The summed E-state index contributed by atoms with van der Waals surface area (Å²) in [4.78, 5) is 16.5. The molecule has 1 aromatic carbocycles. The van der Waals surface area contributed by atoms with Gasteiger partial charge in [-0.1, -0.05) is 6.42 Å². The summed E-state index contributed by atoms with van der Waals surface area (Å²) >= 11 is 0. The lowest BCUT2D eigenvalue weighted by Crippen LogP contribution is -2.48. The number of piperazine rings is 1. The molecule has 3 aliphatic rings. The zero-order valence-electron chi connectivity index (χ0n) is 14.2. The quantitative estimate of drug-likeness (QED) is 0.796. The highest BCUT2D eigenvalue weighted by atomic mass is 16.1. The molecule has 3 heteroatoms. The molecule has 0 N–H and O–H groups in total. The van der Waals surface area contributed by atoms with Crippen molar-refractivity contribution in [2.24, 2.45) is 17.8 Å². The zero-order chi connectivity index (χ0) is 15.8. The van der Waals surface area contributed by atoms with Gasteiger partial charge < -0.3 is 4.90 Å². The average molecular weight is 312 g/mol. The van der Waals surface area contributed by atoms with Crippen molar-refractivity contribution in [2.45, 2.75) is 32.6 Å². The van der Waals surface area contributed by atoms with Gasteiger partial charge in [-0.3, -0.25) is 9.69 Å². The minimum atomic E-state index is 0.146. The minimum absolute atomic E-state index is 0.146. The topological polar surface area (TPSA) is 23.6 Å². The molecule has 4 rings (SSSR count). The highest BCUT2D eigenvalue weighted by molar-refractivity contribution is 5.94. The highest BCUT2D eigenvalue weighted by Gasteiger charge is 2.40. The Labute approximate surface area is 139 Å². The molecular formula is C20H28N2O. The number of carbonyl (C=O) groups excluding carboxylic acids is 1. The Bertz CT molecular complexity index is 560. The largest absolute Gasteiger partial charge is 0.369 e. The Morgan fingerprint density at radius 1 is 1.04 bits per heavy atom. The second-order valence-electron chi connectivity index (χ2n) is 7.83. The first-order chi connectivity index (χ1) is 11.2. The SMILES string of the molecule is CC(=O)c1ccc(N2CCN(CC3CC4CCC3C4)CC2)cc1. The summed E-state index contributed by atoms with van der Waals surface area (Å²) in [5.74, 6) is 3.23. The number of hydrogen-bond donors (Lipinski definition) is 0. The second kappa shape index (κ2) is 6.27. The van der Waals surface area contributed by atoms with Gasteiger partial charge in [0.1, 0.15) is 0 Å². The molecule has 2 aliphatic carbocycles. The maximum atomic E-state index is 11.4. The van der Waals surface area contributed by atoms with E-state index in [0.29, 0.717) is 0 Å². The van der Waals surface area contributed by atoms with Crippen molar-refractivity contribution in [3.05, 3.63) is 29.8 Å². The number of fused-ring (bicyclic) bond motifs is 2. The van der Waals surface area contributed by atoms with Gasteiger partial charge in [0, 0.05) is 44.0 Å². The molecule has 0 spiro atoms. The summed E-state index contributed by atoms with van der Waals surface area (Å²) in [6.45, 7) is 7.55. The third kappa shape index (κ3) is 3.16. The maximum Gasteiger partial charge on any atom is 0.159 e. The van der Waals surface area contributed by atoms with Crippen LogP contribution < -0.4 is 4.90 Å². The fourth-order valence-corrected chi connectivity index (χ4v) is 5.03. The van der Waals surface area contributed by atoms with E-state index < -0.39 is 0 Å². The van der Waals surface area contributed by atoms with Crippen LogP contribution in [0.5, 0.6) is 0 Å². The first-order valence-corrected chi connectivity index (χ1v) is 9.27.